The van der Waals surface area contributed by atoms with Gasteiger partial charge in [-0.2, -0.15) is 4.37 Å². The highest BCUT2D eigenvalue weighted by molar-refractivity contribution is 7.11. The minimum atomic E-state index is -1.30. The average Bonchev–Trinajstić information content (AvgIpc) is 3.14. The van der Waals surface area contributed by atoms with E-state index in [2.05, 4.69) is 19.9 Å². The van der Waals surface area contributed by atoms with Gasteiger partial charge in [-0.1, -0.05) is 18.2 Å². The Kier molecular flexibility index (Phi) is 7.94. The molecular formula is C19H23FN4O5S. The van der Waals surface area contributed by atoms with Crippen molar-refractivity contribution in [3.8, 4) is 5.88 Å². The van der Waals surface area contributed by atoms with Crippen LogP contribution in [0.2, 0.25) is 0 Å². The number of hydrogen-bond donors (Lipinski definition) is 3. The molecule has 0 saturated carbocycles. The highest BCUT2D eigenvalue weighted by Crippen LogP contribution is 2.31. The second-order valence-electron chi connectivity index (χ2n) is 6.57. The van der Waals surface area contributed by atoms with Gasteiger partial charge in [-0.25, -0.2) is 14.0 Å². The first-order valence-corrected chi connectivity index (χ1v) is 10.3. The number of carboxylic acid groups (broad SMARTS) is 1. The Morgan fingerprint density at radius 1 is 1.30 bits per heavy atom. The number of halogens is 1. The Hall–Kier alpha value is -2.76. The molecule has 11 heteroatoms. The number of ether oxygens (including phenoxy) is 2. The van der Waals surface area contributed by atoms with Crippen LogP contribution >= 0.6 is 11.5 Å². The van der Waals surface area contributed by atoms with Gasteiger partial charge >= 0.3 is 12.0 Å². The van der Waals surface area contributed by atoms with E-state index in [1.807, 2.05) is 0 Å². The standard InChI is InChI=1S/C19H23FN4O5S/c20-14-5-2-1-4-13(14)12-29-16-15(18(25)26)17(30-23-16)22-19(27)21-6-3-7-24-8-10-28-11-9-24/h1-2,4-5H,3,6-12H2,(H,25,26)(H2,21,22,27). The molecule has 2 heterocycles. The molecular weight excluding hydrogens is 415 g/mol. The summed E-state index contributed by atoms with van der Waals surface area (Å²) >= 11 is 0.790. The van der Waals surface area contributed by atoms with Crippen molar-refractivity contribution in [2.45, 2.75) is 13.0 Å². The molecule has 162 valence electrons. The number of aromatic nitrogens is 1. The molecule has 0 spiro atoms. The summed E-state index contributed by atoms with van der Waals surface area (Å²) in [4.78, 5) is 26.0. The Labute approximate surface area is 177 Å². The number of nitrogens with zero attached hydrogens (tertiary/aromatic N) is 2. The average molecular weight is 438 g/mol. The fourth-order valence-electron chi connectivity index (χ4n) is 2.89. The Balaban J connectivity index is 1.50. The second kappa shape index (κ2) is 10.9. The summed E-state index contributed by atoms with van der Waals surface area (Å²) in [6.07, 6.45) is 0.763. The highest BCUT2D eigenvalue weighted by Gasteiger charge is 2.23. The molecule has 1 aliphatic heterocycles. The Morgan fingerprint density at radius 3 is 2.80 bits per heavy atom. The molecule has 1 aromatic heterocycles. The van der Waals surface area contributed by atoms with E-state index in [9.17, 15) is 19.1 Å². The first-order chi connectivity index (χ1) is 14.5. The van der Waals surface area contributed by atoms with Gasteiger partial charge in [-0.15, -0.1) is 0 Å². The lowest BCUT2D eigenvalue weighted by atomic mass is 10.2. The Bertz CT molecular complexity index is 872. The zero-order chi connectivity index (χ0) is 21.3. The van der Waals surface area contributed by atoms with E-state index in [1.165, 1.54) is 12.1 Å². The van der Waals surface area contributed by atoms with E-state index in [0.717, 1.165) is 50.8 Å². The quantitative estimate of drug-likeness (QED) is 0.515. The number of urea groups is 1. The van der Waals surface area contributed by atoms with Gasteiger partial charge in [0.2, 0.25) is 5.88 Å². The predicted octanol–water partition coefficient (Wildman–Crippen LogP) is 2.40. The number of hydrogen-bond acceptors (Lipinski definition) is 7. The van der Waals surface area contributed by atoms with Crippen LogP contribution in [0.1, 0.15) is 22.3 Å². The molecule has 2 aromatic rings. The molecule has 0 bridgehead atoms. The summed E-state index contributed by atoms with van der Waals surface area (Å²) in [6.45, 7) is 4.32. The zero-order valence-corrected chi connectivity index (χ0v) is 17.0. The van der Waals surface area contributed by atoms with E-state index in [4.69, 9.17) is 9.47 Å². The van der Waals surface area contributed by atoms with Crippen molar-refractivity contribution in [1.29, 1.82) is 0 Å². The van der Waals surface area contributed by atoms with Gasteiger partial charge in [0.1, 0.15) is 17.4 Å². The summed E-state index contributed by atoms with van der Waals surface area (Å²) in [5.41, 5.74) is 0.00849. The second-order valence-corrected chi connectivity index (χ2v) is 7.34. The lowest BCUT2D eigenvalue weighted by molar-refractivity contribution is 0.0375. The van der Waals surface area contributed by atoms with Gasteiger partial charge in [0.15, 0.2) is 5.56 Å². The predicted molar refractivity (Wildman–Crippen MR) is 109 cm³/mol. The number of anilines is 1. The number of benzene rings is 1. The van der Waals surface area contributed by atoms with Gasteiger partial charge in [-0.05, 0) is 30.6 Å². The maximum atomic E-state index is 13.7. The molecule has 3 N–H and O–H groups in total. The van der Waals surface area contributed by atoms with Crippen molar-refractivity contribution in [3.63, 3.8) is 0 Å². The van der Waals surface area contributed by atoms with Crippen LogP contribution in [0.5, 0.6) is 5.88 Å². The molecule has 30 heavy (non-hydrogen) atoms. The largest absolute Gasteiger partial charge is 0.477 e. The van der Waals surface area contributed by atoms with E-state index in [0.29, 0.717) is 6.54 Å². The Morgan fingerprint density at radius 2 is 2.07 bits per heavy atom. The fraction of sp³-hybridized carbons (Fsp3) is 0.421. The molecule has 0 radical (unpaired) electrons. The SMILES string of the molecule is O=C(NCCCN1CCOCC1)Nc1snc(OCc2ccccc2F)c1C(=O)O. The topological polar surface area (TPSA) is 113 Å². The van der Waals surface area contributed by atoms with Crippen molar-refractivity contribution in [2.75, 3.05) is 44.7 Å². The minimum absolute atomic E-state index is 0.0525. The number of rotatable bonds is 9. The van der Waals surface area contributed by atoms with Gasteiger partial charge in [-0.3, -0.25) is 10.2 Å². The summed E-state index contributed by atoms with van der Waals surface area (Å²) in [5.74, 6) is -1.92. The lowest BCUT2D eigenvalue weighted by Crippen LogP contribution is -2.38. The molecule has 1 aliphatic rings. The third kappa shape index (κ3) is 6.12. The highest BCUT2D eigenvalue weighted by atomic mass is 32.1. The number of carbonyl (C=O) groups is 2. The van der Waals surface area contributed by atoms with Gasteiger partial charge in [0.05, 0.1) is 13.2 Å². The number of carboxylic acids is 1. The van der Waals surface area contributed by atoms with Crippen LogP contribution in [-0.2, 0) is 11.3 Å². The lowest BCUT2D eigenvalue weighted by Gasteiger charge is -2.26. The molecule has 1 saturated heterocycles. The third-order valence-electron chi connectivity index (χ3n) is 4.46. The summed E-state index contributed by atoms with van der Waals surface area (Å²) in [6, 6.07) is 5.49. The smallest absolute Gasteiger partial charge is 0.344 e. The van der Waals surface area contributed by atoms with E-state index >= 15 is 0 Å². The van der Waals surface area contributed by atoms with Crippen LogP contribution in [0.25, 0.3) is 0 Å². The third-order valence-corrected chi connectivity index (χ3v) is 5.21. The molecule has 0 aliphatic carbocycles. The van der Waals surface area contributed by atoms with E-state index in [-0.39, 0.29) is 28.6 Å². The molecule has 0 unspecified atom stereocenters. The number of aromatic carboxylic acids is 1. The van der Waals surface area contributed by atoms with Crippen molar-refractivity contribution in [1.82, 2.24) is 14.6 Å². The van der Waals surface area contributed by atoms with Crippen molar-refractivity contribution >= 4 is 28.5 Å². The maximum Gasteiger partial charge on any atom is 0.344 e. The van der Waals surface area contributed by atoms with Crippen LogP contribution in [0.4, 0.5) is 14.2 Å². The molecule has 3 rings (SSSR count). The summed E-state index contributed by atoms with van der Waals surface area (Å²) < 4.78 is 28.3. The van der Waals surface area contributed by atoms with Crippen molar-refractivity contribution < 1.29 is 28.6 Å². The summed E-state index contributed by atoms with van der Waals surface area (Å²) in [5, 5.41) is 14.7. The number of carbonyl (C=O) groups excluding carboxylic acids is 1. The maximum absolute atomic E-state index is 13.7. The van der Waals surface area contributed by atoms with Crippen LogP contribution < -0.4 is 15.4 Å². The van der Waals surface area contributed by atoms with Gasteiger partial charge in [0.25, 0.3) is 0 Å². The molecule has 1 aromatic carbocycles. The van der Waals surface area contributed by atoms with Crippen molar-refractivity contribution in [3.05, 3.63) is 41.2 Å². The van der Waals surface area contributed by atoms with Crippen LogP contribution in [0.15, 0.2) is 24.3 Å². The van der Waals surface area contributed by atoms with Gasteiger partial charge in [0, 0.05) is 25.2 Å². The van der Waals surface area contributed by atoms with E-state index < -0.39 is 17.8 Å². The monoisotopic (exact) mass is 438 g/mol. The number of nitrogens with one attached hydrogen (secondary N) is 2. The molecule has 2 amide bonds. The zero-order valence-electron chi connectivity index (χ0n) is 16.2. The van der Waals surface area contributed by atoms with Crippen LogP contribution in [-0.4, -0.2) is 65.8 Å². The first kappa shape index (κ1) is 21.9. The summed E-state index contributed by atoms with van der Waals surface area (Å²) in [7, 11) is 0. The fourth-order valence-corrected chi connectivity index (χ4v) is 3.61. The van der Waals surface area contributed by atoms with Gasteiger partial charge < -0.3 is 19.9 Å². The van der Waals surface area contributed by atoms with Crippen LogP contribution in [0, 0.1) is 5.82 Å². The number of amides is 2. The van der Waals surface area contributed by atoms with Crippen LogP contribution in [0.3, 0.4) is 0 Å². The normalized spacial score (nSPS) is 14.3. The van der Waals surface area contributed by atoms with E-state index in [1.54, 1.807) is 12.1 Å². The van der Waals surface area contributed by atoms with Crippen molar-refractivity contribution in [2.24, 2.45) is 0 Å². The molecule has 0 atom stereocenters. The molecule has 9 nitrogen and oxygen atoms in total. The first-order valence-electron chi connectivity index (χ1n) is 9.48. The molecule has 1 fully saturated rings. The number of morpholine rings is 1. The minimum Gasteiger partial charge on any atom is -0.477 e.